The maximum atomic E-state index is 4.86. The molecule has 0 amide bonds. The molecule has 0 saturated carbocycles. The Kier molecular flexibility index (Phi) is 4.51. The van der Waals surface area contributed by atoms with E-state index in [0.29, 0.717) is 0 Å². The lowest BCUT2D eigenvalue weighted by Gasteiger charge is -2.36. The van der Waals surface area contributed by atoms with Crippen molar-refractivity contribution < 1.29 is 0 Å². The monoisotopic (exact) mass is 384 g/mol. The first-order valence-corrected chi connectivity index (χ1v) is 10.6. The molecule has 4 heteroatoms. The zero-order valence-corrected chi connectivity index (χ0v) is 17.4. The van der Waals surface area contributed by atoms with Gasteiger partial charge in [-0.15, -0.1) is 0 Å². The number of benzene rings is 2. The topological polar surface area (TPSA) is 47.7 Å². The molecule has 0 spiro atoms. The minimum absolute atomic E-state index is 0.216. The number of hydrogen-bond donors (Lipinski definition) is 2. The molecule has 0 fully saturated rings. The summed E-state index contributed by atoms with van der Waals surface area (Å²) >= 11 is 0. The molecule has 1 atom stereocenters. The predicted molar refractivity (Wildman–Crippen MR) is 118 cm³/mol. The highest BCUT2D eigenvalue weighted by molar-refractivity contribution is 5.85. The molecule has 5 rings (SSSR count). The molecule has 2 aromatic heterocycles. The summed E-state index contributed by atoms with van der Waals surface area (Å²) in [7, 11) is 0. The molecule has 3 heterocycles. The number of aromatic amines is 2. The second-order valence-electron chi connectivity index (χ2n) is 8.15. The van der Waals surface area contributed by atoms with Crippen LogP contribution in [-0.2, 0) is 19.4 Å². The van der Waals surface area contributed by atoms with Gasteiger partial charge in [-0.1, -0.05) is 49.4 Å². The second-order valence-corrected chi connectivity index (χ2v) is 8.15. The Bertz CT molecular complexity index is 1170. The molecular weight excluding hydrogens is 356 g/mol. The highest BCUT2D eigenvalue weighted by atomic mass is 15.2. The maximum Gasteiger partial charge on any atom is 0.106 e. The van der Waals surface area contributed by atoms with Crippen molar-refractivity contribution in [2.75, 3.05) is 6.54 Å². The van der Waals surface area contributed by atoms with Crippen molar-refractivity contribution in [3.63, 3.8) is 0 Å². The number of nitrogens with one attached hydrogen (secondary N) is 2. The van der Waals surface area contributed by atoms with E-state index in [9.17, 15) is 0 Å². The Morgan fingerprint density at radius 3 is 2.62 bits per heavy atom. The number of imidazole rings is 1. The average molecular weight is 385 g/mol. The molecule has 1 unspecified atom stereocenters. The van der Waals surface area contributed by atoms with E-state index in [-0.39, 0.29) is 6.04 Å². The van der Waals surface area contributed by atoms with E-state index in [1.165, 1.54) is 44.7 Å². The minimum Gasteiger partial charge on any atom is -0.357 e. The molecule has 0 bridgehead atoms. The molecule has 148 valence electrons. The Labute approximate surface area is 172 Å². The van der Waals surface area contributed by atoms with Crippen molar-refractivity contribution >= 4 is 10.9 Å². The van der Waals surface area contributed by atoms with E-state index in [4.69, 9.17) is 4.98 Å². The lowest BCUT2D eigenvalue weighted by molar-refractivity contribution is 0.199. The second kappa shape index (κ2) is 7.20. The van der Waals surface area contributed by atoms with Crippen LogP contribution in [0.3, 0.4) is 0 Å². The zero-order valence-electron chi connectivity index (χ0n) is 17.4. The van der Waals surface area contributed by atoms with Gasteiger partial charge in [0.15, 0.2) is 0 Å². The van der Waals surface area contributed by atoms with Gasteiger partial charge in [-0.2, -0.15) is 0 Å². The summed E-state index contributed by atoms with van der Waals surface area (Å²) in [4.78, 5) is 14.7. The van der Waals surface area contributed by atoms with Crippen LogP contribution in [0, 0.1) is 13.8 Å². The van der Waals surface area contributed by atoms with E-state index in [0.717, 1.165) is 31.8 Å². The first-order valence-electron chi connectivity index (χ1n) is 10.6. The summed E-state index contributed by atoms with van der Waals surface area (Å²) in [6, 6.07) is 17.7. The van der Waals surface area contributed by atoms with Crippen LogP contribution in [0.1, 0.15) is 52.6 Å². The van der Waals surface area contributed by atoms with Gasteiger partial charge in [-0.3, -0.25) is 4.90 Å². The van der Waals surface area contributed by atoms with Crippen LogP contribution in [0.5, 0.6) is 0 Å². The summed E-state index contributed by atoms with van der Waals surface area (Å²) in [6.07, 6.45) is 2.00. The van der Waals surface area contributed by atoms with Gasteiger partial charge in [0.05, 0.1) is 11.7 Å². The van der Waals surface area contributed by atoms with E-state index >= 15 is 0 Å². The highest BCUT2D eigenvalue weighted by Gasteiger charge is 2.33. The Morgan fingerprint density at radius 1 is 1.03 bits per heavy atom. The summed E-state index contributed by atoms with van der Waals surface area (Å²) in [5, 5.41) is 1.37. The zero-order chi connectivity index (χ0) is 20.0. The third-order valence-corrected chi connectivity index (χ3v) is 6.34. The highest BCUT2D eigenvalue weighted by Crippen LogP contribution is 2.40. The van der Waals surface area contributed by atoms with Crippen molar-refractivity contribution in [2.24, 2.45) is 0 Å². The summed E-state index contributed by atoms with van der Waals surface area (Å²) in [5.74, 6) is 1.08. The van der Waals surface area contributed by atoms with Gasteiger partial charge in [0.2, 0.25) is 0 Å². The molecule has 1 aliphatic rings. The maximum absolute atomic E-state index is 4.86. The quantitative estimate of drug-likeness (QED) is 0.507. The van der Waals surface area contributed by atoms with Crippen LogP contribution in [0.2, 0.25) is 0 Å². The summed E-state index contributed by atoms with van der Waals surface area (Å²) < 4.78 is 0. The van der Waals surface area contributed by atoms with Gasteiger partial charge in [0.1, 0.15) is 5.82 Å². The number of para-hydroxylation sites is 1. The molecule has 2 N–H and O–H groups in total. The van der Waals surface area contributed by atoms with Crippen LogP contribution in [0.15, 0.2) is 48.5 Å². The molecule has 4 aromatic rings. The number of hydrogen-bond acceptors (Lipinski definition) is 2. The normalized spacial score (nSPS) is 17.0. The Hall–Kier alpha value is -2.85. The minimum atomic E-state index is 0.216. The molecule has 0 radical (unpaired) electrons. The van der Waals surface area contributed by atoms with E-state index in [2.05, 4.69) is 84.2 Å². The molecular formula is C25H28N4. The van der Waals surface area contributed by atoms with Crippen LogP contribution in [0.4, 0.5) is 0 Å². The van der Waals surface area contributed by atoms with Crippen molar-refractivity contribution in [1.29, 1.82) is 0 Å². The fraction of sp³-hybridized carbons (Fsp3) is 0.320. The number of aryl methyl sites for hydroxylation is 3. The predicted octanol–water partition coefficient (Wildman–Crippen LogP) is 5.22. The first kappa shape index (κ1) is 18.2. The third kappa shape index (κ3) is 3.08. The number of rotatable bonds is 4. The fourth-order valence-electron chi connectivity index (χ4n) is 4.78. The lowest BCUT2D eigenvalue weighted by atomic mass is 9.90. The molecule has 0 saturated heterocycles. The Balaban J connectivity index is 1.63. The SMILES string of the molecule is CCc1nc(CN2CCc3c([nH]c4ccccc34)C2c2ccccc2C)c(C)[nH]1. The van der Waals surface area contributed by atoms with Crippen LogP contribution in [-0.4, -0.2) is 26.4 Å². The van der Waals surface area contributed by atoms with Gasteiger partial charge in [0, 0.05) is 41.8 Å². The van der Waals surface area contributed by atoms with Gasteiger partial charge in [-0.25, -0.2) is 4.98 Å². The number of H-pyrrole nitrogens is 2. The van der Waals surface area contributed by atoms with Gasteiger partial charge in [0.25, 0.3) is 0 Å². The molecule has 0 aliphatic carbocycles. The lowest BCUT2D eigenvalue weighted by Crippen LogP contribution is -2.36. The van der Waals surface area contributed by atoms with Crippen LogP contribution >= 0.6 is 0 Å². The smallest absolute Gasteiger partial charge is 0.106 e. The standard InChI is InChI=1S/C25H28N4/c1-4-23-26-17(3)22(27-23)15-29-14-13-20-19-11-7-8-12-21(19)28-24(20)25(29)18-10-6-5-9-16(18)2/h5-12,25,28H,4,13-15H2,1-3H3,(H,26,27). The molecule has 4 nitrogen and oxygen atoms in total. The van der Waals surface area contributed by atoms with E-state index in [1.54, 1.807) is 0 Å². The fourth-order valence-corrected chi connectivity index (χ4v) is 4.78. The largest absolute Gasteiger partial charge is 0.357 e. The van der Waals surface area contributed by atoms with E-state index in [1.807, 2.05) is 0 Å². The number of fused-ring (bicyclic) bond motifs is 3. The van der Waals surface area contributed by atoms with Crippen LogP contribution in [0.25, 0.3) is 10.9 Å². The van der Waals surface area contributed by atoms with Crippen LogP contribution < -0.4 is 0 Å². The van der Waals surface area contributed by atoms with Crippen molar-refractivity contribution in [3.8, 4) is 0 Å². The molecule has 29 heavy (non-hydrogen) atoms. The van der Waals surface area contributed by atoms with Crippen molar-refractivity contribution in [1.82, 2.24) is 19.9 Å². The number of nitrogens with zero attached hydrogens (tertiary/aromatic N) is 2. The number of aromatic nitrogens is 3. The van der Waals surface area contributed by atoms with Crippen molar-refractivity contribution in [3.05, 3.63) is 88.1 Å². The summed E-state index contributed by atoms with van der Waals surface area (Å²) in [5.41, 5.74) is 9.12. The first-order chi connectivity index (χ1) is 14.2. The Morgan fingerprint density at radius 2 is 1.83 bits per heavy atom. The molecule has 2 aromatic carbocycles. The third-order valence-electron chi connectivity index (χ3n) is 6.34. The van der Waals surface area contributed by atoms with Gasteiger partial charge < -0.3 is 9.97 Å². The van der Waals surface area contributed by atoms with Gasteiger partial charge >= 0.3 is 0 Å². The summed E-state index contributed by atoms with van der Waals surface area (Å²) in [6.45, 7) is 8.40. The average Bonchev–Trinajstić information content (AvgIpc) is 3.28. The van der Waals surface area contributed by atoms with Gasteiger partial charge in [-0.05, 0) is 43.0 Å². The van der Waals surface area contributed by atoms with Crippen molar-refractivity contribution in [2.45, 2.75) is 46.2 Å². The van der Waals surface area contributed by atoms with E-state index < -0.39 is 0 Å². The molecule has 1 aliphatic heterocycles.